The molecule has 0 heterocycles. The predicted molar refractivity (Wildman–Crippen MR) is 62.1 cm³/mol. The molecule has 0 aromatic heterocycles. The Bertz CT molecular complexity index is 370. The van der Waals surface area contributed by atoms with Crippen molar-refractivity contribution in [2.75, 3.05) is 19.5 Å². The van der Waals surface area contributed by atoms with E-state index in [4.69, 9.17) is 9.84 Å². The summed E-state index contributed by atoms with van der Waals surface area (Å²) >= 11 is 1.35. The van der Waals surface area contributed by atoms with E-state index in [-0.39, 0.29) is 18.0 Å². The molecule has 0 amide bonds. The van der Waals surface area contributed by atoms with Gasteiger partial charge >= 0.3 is 5.69 Å². The zero-order chi connectivity index (χ0) is 12.0. The van der Waals surface area contributed by atoms with E-state index in [2.05, 4.69) is 0 Å². The molecule has 0 aliphatic carbocycles. The number of hydrogen-bond donors (Lipinski definition) is 1. The van der Waals surface area contributed by atoms with Gasteiger partial charge in [0.1, 0.15) is 0 Å². The Hall–Kier alpha value is -1.27. The van der Waals surface area contributed by atoms with Gasteiger partial charge in [-0.3, -0.25) is 10.1 Å². The Balaban J connectivity index is 2.93. The lowest BCUT2D eigenvalue weighted by atomic mass is 10.3. The number of benzene rings is 1. The molecule has 0 saturated carbocycles. The van der Waals surface area contributed by atoms with Gasteiger partial charge in [0.25, 0.3) is 0 Å². The molecule has 0 spiro atoms. The SMILES string of the molecule is COc1cccc(SCCCO)c1[N+](=O)[O-]. The molecule has 88 valence electrons. The number of para-hydroxylation sites is 1. The lowest BCUT2D eigenvalue weighted by Crippen LogP contribution is -1.96. The average Bonchev–Trinajstić information content (AvgIpc) is 2.28. The van der Waals surface area contributed by atoms with Crippen LogP contribution in [-0.4, -0.2) is 29.5 Å². The lowest BCUT2D eigenvalue weighted by molar-refractivity contribution is -0.388. The number of aliphatic hydroxyl groups is 1. The molecule has 0 fully saturated rings. The molecule has 1 aromatic rings. The smallest absolute Gasteiger partial charge is 0.324 e. The third kappa shape index (κ3) is 3.11. The zero-order valence-electron chi connectivity index (χ0n) is 8.88. The number of hydrogen-bond acceptors (Lipinski definition) is 5. The Morgan fingerprint density at radius 3 is 2.88 bits per heavy atom. The first-order valence-corrected chi connectivity index (χ1v) is 5.74. The van der Waals surface area contributed by atoms with Gasteiger partial charge in [0.2, 0.25) is 0 Å². The topological polar surface area (TPSA) is 72.6 Å². The van der Waals surface area contributed by atoms with Gasteiger partial charge in [0, 0.05) is 12.4 Å². The highest BCUT2D eigenvalue weighted by molar-refractivity contribution is 7.99. The lowest BCUT2D eigenvalue weighted by Gasteiger charge is -2.05. The summed E-state index contributed by atoms with van der Waals surface area (Å²) in [4.78, 5) is 11.0. The van der Waals surface area contributed by atoms with E-state index in [9.17, 15) is 10.1 Å². The van der Waals surface area contributed by atoms with Gasteiger partial charge in [-0.15, -0.1) is 11.8 Å². The van der Waals surface area contributed by atoms with Crippen LogP contribution in [0.5, 0.6) is 5.75 Å². The first kappa shape index (κ1) is 12.8. The molecule has 0 atom stereocenters. The predicted octanol–water partition coefficient (Wildman–Crippen LogP) is 2.08. The number of rotatable bonds is 6. The molecule has 1 aromatic carbocycles. The highest BCUT2D eigenvalue weighted by atomic mass is 32.2. The molecule has 6 heteroatoms. The molecule has 0 unspecified atom stereocenters. The number of nitro groups is 1. The van der Waals surface area contributed by atoms with Gasteiger partial charge < -0.3 is 9.84 Å². The summed E-state index contributed by atoms with van der Waals surface area (Å²) in [5.74, 6) is 0.906. The zero-order valence-corrected chi connectivity index (χ0v) is 9.70. The van der Waals surface area contributed by atoms with Crippen molar-refractivity contribution in [3.8, 4) is 5.75 Å². The third-order valence-electron chi connectivity index (χ3n) is 1.92. The second-order valence-corrected chi connectivity index (χ2v) is 4.13. The summed E-state index contributed by atoms with van der Waals surface area (Å²) in [7, 11) is 1.41. The van der Waals surface area contributed by atoms with Crippen LogP contribution in [-0.2, 0) is 0 Å². The van der Waals surface area contributed by atoms with Crippen LogP contribution >= 0.6 is 11.8 Å². The van der Waals surface area contributed by atoms with Crippen LogP contribution in [0.25, 0.3) is 0 Å². The maximum absolute atomic E-state index is 10.9. The van der Waals surface area contributed by atoms with Crippen molar-refractivity contribution in [3.63, 3.8) is 0 Å². The fourth-order valence-corrected chi connectivity index (χ4v) is 2.19. The quantitative estimate of drug-likeness (QED) is 0.358. The summed E-state index contributed by atoms with van der Waals surface area (Å²) in [6.45, 7) is 0.0881. The summed E-state index contributed by atoms with van der Waals surface area (Å²) in [6, 6.07) is 4.96. The maximum Gasteiger partial charge on any atom is 0.324 e. The normalized spacial score (nSPS) is 10.1. The summed E-state index contributed by atoms with van der Waals surface area (Å²) in [5, 5.41) is 19.5. The highest BCUT2D eigenvalue weighted by Crippen LogP contribution is 2.36. The molecule has 16 heavy (non-hydrogen) atoms. The van der Waals surface area contributed by atoms with Gasteiger partial charge in [-0.1, -0.05) is 6.07 Å². The Morgan fingerprint density at radius 2 is 2.31 bits per heavy atom. The van der Waals surface area contributed by atoms with E-state index >= 15 is 0 Å². The van der Waals surface area contributed by atoms with Crippen LogP contribution < -0.4 is 4.74 Å². The first-order valence-electron chi connectivity index (χ1n) is 4.75. The minimum Gasteiger partial charge on any atom is -0.490 e. The number of methoxy groups -OCH3 is 1. The molecule has 1 rings (SSSR count). The monoisotopic (exact) mass is 243 g/mol. The van der Waals surface area contributed by atoms with Crippen molar-refractivity contribution in [2.45, 2.75) is 11.3 Å². The van der Waals surface area contributed by atoms with Crippen molar-refractivity contribution in [1.29, 1.82) is 0 Å². The van der Waals surface area contributed by atoms with Crippen molar-refractivity contribution in [1.82, 2.24) is 0 Å². The van der Waals surface area contributed by atoms with Crippen LogP contribution in [0, 0.1) is 10.1 Å². The van der Waals surface area contributed by atoms with Crippen molar-refractivity contribution in [2.24, 2.45) is 0 Å². The minimum absolute atomic E-state index is 0.00654. The summed E-state index contributed by atoms with van der Waals surface area (Å²) in [5.41, 5.74) is -0.00654. The largest absolute Gasteiger partial charge is 0.490 e. The van der Waals surface area contributed by atoms with E-state index in [0.29, 0.717) is 17.1 Å². The van der Waals surface area contributed by atoms with Crippen LogP contribution in [0.3, 0.4) is 0 Å². The molecule has 0 saturated heterocycles. The molecular formula is C10H13NO4S. The standard InChI is InChI=1S/C10H13NO4S/c1-15-8-4-2-5-9(10(8)11(13)14)16-7-3-6-12/h2,4-5,12H,3,6-7H2,1H3. The van der Waals surface area contributed by atoms with Gasteiger partial charge in [0.05, 0.1) is 16.9 Å². The van der Waals surface area contributed by atoms with Gasteiger partial charge in [0.15, 0.2) is 5.75 Å². The van der Waals surface area contributed by atoms with Crippen LogP contribution in [0.1, 0.15) is 6.42 Å². The molecular weight excluding hydrogens is 230 g/mol. The third-order valence-corrected chi connectivity index (χ3v) is 3.06. The Kier molecular flexibility index (Phi) is 5.07. The second-order valence-electron chi connectivity index (χ2n) is 2.99. The molecule has 5 nitrogen and oxygen atoms in total. The average molecular weight is 243 g/mol. The number of aliphatic hydroxyl groups excluding tert-OH is 1. The fourth-order valence-electron chi connectivity index (χ4n) is 1.21. The van der Waals surface area contributed by atoms with Crippen LogP contribution in [0.2, 0.25) is 0 Å². The van der Waals surface area contributed by atoms with Gasteiger partial charge in [-0.25, -0.2) is 0 Å². The van der Waals surface area contributed by atoms with Crippen LogP contribution in [0.15, 0.2) is 23.1 Å². The van der Waals surface area contributed by atoms with E-state index in [1.807, 2.05) is 0 Å². The highest BCUT2D eigenvalue weighted by Gasteiger charge is 2.20. The molecule has 0 radical (unpaired) electrons. The van der Waals surface area contributed by atoms with Crippen LogP contribution in [0.4, 0.5) is 5.69 Å². The number of thioether (sulfide) groups is 1. The van der Waals surface area contributed by atoms with E-state index < -0.39 is 4.92 Å². The first-order chi connectivity index (χ1) is 7.70. The Morgan fingerprint density at radius 1 is 1.56 bits per heavy atom. The number of ether oxygens (including phenoxy) is 1. The number of nitro benzene ring substituents is 1. The van der Waals surface area contributed by atoms with E-state index in [0.717, 1.165) is 0 Å². The molecule has 0 aliphatic rings. The van der Waals surface area contributed by atoms with E-state index in [1.165, 1.54) is 18.9 Å². The fraction of sp³-hybridized carbons (Fsp3) is 0.400. The molecule has 0 aliphatic heterocycles. The molecule has 1 N–H and O–H groups in total. The molecule has 0 bridgehead atoms. The van der Waals surface area contributed by atoms with Gasteiger partial charge in [-0.05, 0) is 18.6 Å². The van der Waals surface area contributed by atoms with E-state index in [1.54, 1.807) is 18.2 Å². The minimum atomic E-state index is -0.444. The number of nitrogens with zero attached hydrogens (tertiary/aromatic N) is 1. The van der Waals surface area contributed by atoms with Crippen molar-refractivity contribution in [3.05, 3.63) is 28.3 Å². The maximum atomic E-state index is 10.9. The van der Waals surface area contributed by atoms with Crippen molar-refractivity contribution >= 4 is 17.4 Å². The van der Waals surface area contributed by atoms with Gasteiger partial charge in [-0.2, -0.15) is 0 Å². The van der Waals surface area contributed by atoms with Crippen molar-refractivity contribution < 1.29 is 14.8 Å². The Labute approximate surface area is 97.6 Å². The second kappa shape index (κ2) is 6.34. The summed E-state index contributed by atoms with van der Waals surface area (Å²) < 4.78 is 4.95. The summed E-state index contributed by atoms with van der Waals surface area (Å²) in [6.07, 6.45) is 0.610.